The van der Waals surface area contributed by atoms with Crippen LogP contribution < -0.4 is 4.74 Å². The Balaban J connectivity index is 2.35. The Kier molecular flexibility index (Phi) is 7.49. The number of benzene rings is 1. The average molecular weight is 315 g/mol. The lowest BCUT2D eigenvalue weighted by Gasteiger charge is -2.06. The van der Waals surface area contributed by atoms with Crippen molar-refractivity contribution < 1.29 is 14.3 Å². The molecule has 0 amide bonds. The lowest BCUT2D eigenvalue weighted by Crippen LogP contribution is -2.07. The maximum absolute atomic E-state index is 11.3. The summed E-state index contributed by atoms with van der Waals surface area (Å²) in [6.07, 6.45) is 2.47. The molecule has 3 nitrogen and oxygen atoms in total. The highest BCUT2D eigenvalue weighted by atomic mass is 79.9. The van der Waals surface area contributed by atoms with Gasteiger partial charge in [-0.15, -0.1) is 0 Å². The number of hydrogen-bond donors (Lipinski definition) is 0. The van der Waals surface area contributed by atoms with Gasteiger partial charge in [0.15, 0.2) is 0 Å². The normalized spacial score (nSPS) is 10.1. The van der Waals surface area contributed by atoms with Gasteiger partial charge in [-0.3, -0.25) is 4.79 Å². The van der Waals surface area contributed by atoms with Crippen LogP contribution in [0.1, 0.15) is 25.3 Å². The molecule has 0 spiro atoms. The van der Waals surface area contributed by atoms with Crippen LogP contribution in [0.4, 0.5) is 0 Å². The number of rotatable bonds is 8. The fourth-order valence-electron chi connectivity index (χ4n) is 1.47. The van der Waals surface area contributed by atoms with Crippen molar-refractivity contribution in [2.75, 3.05) is 18.5 Å². The SMILES string of the molecule is CCOC(=O)Cc1ccc(OCCCCBr)cc1. The molecule has 1 rings (SSSR count). The third-order valence-corrected chi connectivity index (χ3v) is 2.93. The molecule has 0 aliphatic carbocycles. The van der Waals surface area contributed by atoms with E-state index in [1.54, 1.807) is 0 Å². The molecule has 0 heterocycles. The highest BCUT2D eigenvalue weighted by Crippen LogP contribution is 2.13. The van der Waals surface area contributed by atoms with Gasteiger partial charge in [0.25, 0.3) is 0 Å². The molecular weight excluding hydrogens is 296 g/mol. The van der Waals surface area contributed by atoms with Crippen LogP contribution in [0, 0.1) is 0 Å². The van der Waals surface area contributed by atoms with E-state index in [2.05, 4.69) is 15.9 Å². The first kappa shape index (κ1) is 15.0. The minimum Gasteiger partial charge on any atom is -0.494 e. The van der Waals surface area contributed by atoms with E-state index in [0.717, 1.165) is 36.1 Å². The number of carbonyl (C=O) groups is 1. The number of carbonyl (C=O) groups excluding carboxylic acids is 1. The number of halogens is 1. The van der Waals surface area contributed by atoms with Crippen molar-refractivity contribution in [1.82, 2.24) is 0 Å². The van der Waals surface area contributed by atoms with Gasteiger partial charge in [0.05, 0.1) is 19.6 Å². The summed E-state index contributed by atoms with van der Waals surface area (Å²) < 4.78 is 10.5. The van der Waals surface area contributed by atoms with Crippen molar-refractivity contribution in [2.24, 2.45) is 0 Å². The predicted molar refractivity (Wildman–Crippen MR) is 75.3 cm³/mol. The third kappa shape index (κ3) is 6.05. The van der Waals surface area contributed by atoms with Gasteiger partial charge >= 0.3 is 5.97 Å². The lowest BCUT2D eigenvalue weighted by molar-refractivity contribution is -0.142. The standard InChI is InChI=1S/C14H19BrO3/c1-2-17-14(16)11-12-5-7-13(8-6-12)18-10-4-3-9-15/h5-8H,2-4,9-11H2,1H3. The van der Waals surface area contributed by atoms with E-state index in [4.69, 9.17) is 9.47 Å². The molecule has 4 heteroatoms. The minimum absolute atomic E-state index is 0.191. The number of alkyl halides is 1. The maximum atomic E-state index is 11.3. The largest absolute Gasteiger partial charge is 0.494 e. The summed E-state index contributed by atoms with van der Waals surface area (Å²) in [4.78, 5) is 11.3. The van der Waals surface area contributed by atoms with Crippen molar-refractivity contribution in [3.05, 3.63) is 29.8 Å². The molecule has 1 aromatic carbocycles. The average Bonchev–Trinajstić information content (AvgIpc) is 2.37. The monoisotopic (exact) mass is 314 g/mol. The zero-order valence-corrected chi connectivity index (χ0v) is 12.2. The molecule has 0 radical (unpaired) electrons. The molecule has 1 aromatic rings. The topological polar surface area (TPSA) is 35.5 Å². The fraction of sp³-hybridized carbons (Fsp3) is 0.500. The van der Waals surface area contributed by atoms with Crippen LogP contribution in [-0.2, 0) is 16.0 Å². The van der Waals surface area contributed by atoms with E-state index in [-0.39, 0.29) is 5.97 Å². The molecule has 0 atom stereocenters. The Hall–Kier alpha value is -1.03. The van der Waals surface area contributed by atoms with Crippen LogP contribution in [0.3, 0.4) is 0 Å². The van der Waals surface area contributed by atoms with Gasteiger partial charge in [-0.25, -0.2) is 0 Å². The molecule has 0 N–H and O–H groups in total. The molecule has 0 saturated carbocycles. The zero-order chi connectivity index (χ0) is 13.2. The second-order valence-electron chi connectivity index (χ2n) is 3.87. The van der Waals surface area contributed by atoms with Gasteiger partial charge in [-0.2, -0.15) is 0 Å². The summed E-state index contributed by atoms with van der Waals surface area (Å²) in [5, 5.41) is 1.01. The Morgan fingerprint density at radius 2 is 1.94 bits per heavy atom. The summed E-state index contributed by atoms with van der Waals surface area (Å²) in [7, 11) is 0. The second-order valence-corrected chi connectivity index (χ2v) is 4.66. The van der Waals surface area contributed by atoms with Gasteiger partial charge in [0.1, 0.15) is 5.75 Å². The molecular formula is C14H19BrO3. The Morgan fingerprint density at radius 3 is 2.56 bits per heavy atom. The van der Waals surface area contributed by atoms with Crippen LogP contribution in [0.25, 0.3) is 0 Å². The number of unbranched alkanes of at least 4 members (excludes halogenated alkanes) is 1. The first-order valence-electron chi connectivity index (χ1n) is 6.19. The second kappa shape index (κ2) is 8.97. The van der Waals surface area contributed by atoms with E-state index in [0.29, 0.717) is 13.0 Å². The zero-order valence-electron chi connectivity index (χ0n) is 10.7. The molecule has 0 aliphatic heterocycles. The summed E-state index contributed by atoms with van der Waals surface area (Å²) in [5.41, 5.74) is 0.946. The van der Waals surface area contributed by atoms with Gasteiger partial charge in [-0.05, 0) is 37.5 Å². The molecule has 0 unspecified atom stereocenters. The molecule has 100 valence electrons. The predicted octanol–water partition coefficient (Wildman–Crippen LogP) is 3.35. The number of esters is 1. The highest BCUT2D eigenvalue weighted by molar-refractivity contribution is 9.09. The van der Waals surface area contributed by atoms with Gasteiger partial charge in [0, 0.05) is 5.33 Å². The van der Waals surface area contributed by atoms with Gasteiger partial charge < -0.3 is 9.47 Å². The molecule has 0 bridgehead atoms. The minimum atomic E-state index is -0.191. The highest BCUT2D eigenvalue weighted by Gasteiger charge is 2.03. The molecule has 0 aliphatic rings. The summed E-state index contributed by atoms with van der Waals surface area (Å²) in [6, 6.07) is 7.58. The van der Waals surface area contributed by atoms with Crippen molar-refractivity contribution in [2.45, 2.75) is 26.2 Å². The van der Waals surface area contributed by atoms with E-state index >= 15 is 0 Å². The van der Waals surface area contributed by atoms with E-state index < -0.39 is 0 Å². The van der Waals surface area contributed by atoms with Gasteiger partial charge in [0.2, 0.25) is 0 Å². The summed E-state index contributed by atoms with van der Waals surface area (Å²) in [6.45, 7) is 2.96. The van der Waals surface area contributed by atoms with Crippen molar-refractivity contribution >= 4 is 21.9 Å². The lowest BCUT2D eigenvalue weighted by atomic mass is 10.1. The Morgan fingerprint density at radius 1 is 1.22 bits per heavy atom. The van der Waals surface area contributed by atoms with Crippen molar-refractivity contribution in [3.8, 4) is 5.75 Å². The number of ether oxygens (including phenoxy) is 2. The van der Waals surface area contributed by atoms with Crippen LogP contribution in [-0.4, -0.2) is 24.5 Å². The first-order chi connectivity index (χ1) is 8.76. The van der Waals surface area contributed by atoms with Crippen LogP contribution >= 0.6 is 15.9 Å². The smallest absolute Gasteiger partial charge is 0.310 e. The quantitative estimate of drug-likeness (QED) is 0.419. The Labute approximate surface area is 117 Å². The van der Waals surface area contributed by atoms with Gasteiger partial charge in [-0.1, -0.05) is 28.1 Å². The third-order valence-electron chi connectivity index (χ3n) is 2.37. The molecule has 0 fully saturated rings. The van der Waals surface area contributed by atoms with Crippen LogP contribution in [0.2, 0.25) is 0 Å². The fourth-order valence-corrected chi connectivity index (χ4v) is 1.87. The van der Waals surface area contributed by atoms with Crippen LogP contribution in [0.5, 0.6) is 5.75 Å². The molecule has 18 heavy (non-hydrogen) atoms. The van der Waals surface area contributed by atoms with Crippen molar-refractivity contribution in [3.63, 3.8) is 0 Å². The maximum Gasteiger partial charge on any atom is 0.310 e. The van der Waals surface area contributed by atoms with Crippen LogP contribution in [0.15, 0.2) is 24.3 Å². The van der Waals surface area contributed by atoms with E-state index in [1.165, 1.54) is 0 Å². The summed E-state index contributed by atoms with van der Waals surface area (Å²) in [5.74, 6) is 0.653. The van der Waals surface area contributed by atoms with E-state index in [1.807, 2.05) is 31.2 Å². The number of hydrogen-bond acceptors (Lipinski definition) is 3. The van der Waals surface area contributed by atoms with E-state index in [9.17, 15) is 4.79 Å². The molecule has 0 saturated heterocycles. The molecule has 0 aromatic heterocycles. The first-order valence-corrected chi connectivity index (χ1v) is 7.31. The summed E-state index contributed by atoms with van der Waals surface area (Å²) >= 11 is 3.38. The Bertz CT molecular complexity index is 349. The van der Waals surface area contributed by atoms with Crippen molar-refractivity contribution in [1.29, 1.82) is 0 Å².